The molecule has 0 saturated heterocycles. The molecule has 1 N–H and O–H groups in total. The molecule has 0 atom stereocenters. The van der Waals surface area contributed by atoms with E-state index in [9.17, 15) is 23.1 Å². The first-order valence-electron chi connectivity index (χ1n) is 9.76. The van der Waals surface area contributed by atoms with Crippen LogP contribution in [0.4, 0.5) is 13.2 Å². The highest BCUT2D eigenvalue weighted by Gasteiger charge is 2.42. The predicted molar refractivity (Wildman–Crippen MR) is 116 cm³/mol. The van der Waals surface area contributed by atoms with Crippen LogP contribution < -0.4 is 14.7 Å². The number of hydrogen-bond donors (Lipinski definition) is 1. The van der Waals surface area contributed by atoms with Crippen LogP contribution in [0.15, 0.2) is 36.4 Å². The van der Waals surface area contributed by atoms with E-state index in [2.05, 4.69) is 19.6 Å². The first kappa shape index (κ1) is 24.6. The van der Waals surface area contributed by atoms with Gasteiger partial charge in [0.25, 0.3) is 0 Å². The average molecular weight is 456 g/mol. The Hall–Kier alpha value is -2.68. The summed E-state index contributed by atoms with van der Waals surface area (Å²) < 4.78 is 50.7. The Morgan fingerprint density at radius 3 is 2.06 bits per heavy atom. The van der Waals surface area contributed by atoms with Crippen LogP contribution in [0.5, 0.6) is 17.2 Å². The van der Waals surface area contributed by atoms with Gasteiger partial charge in [0, 0.05) is 13.1 Å². The molecule has 5 nitrogen and oxygen atoms in total. The molecule has 0 aliphatic rings. The number of aromatic hydroxyl groups is 1. The molecule has 2 aromatic carbocycles. The van der Waals surface area contributed by atoms with Gasteiger partial charge < -0.3 is 19.5 Å². The van der Waals surface area contributed by atoms with Crippen molar-refractivity contribution in [2.24, 2.45) is 0 Å². The van der Waals surface area contributed by atoms with Gasteiger partial charge in [-0.05, 0) is 41.8 Å². The Balaban J connectivity index is 2.42. The molecule has 0 aliphatic carbocycles. The zero-order chi connectivity index (χ0) is 23.4. The number of alkyl halides is 3. The zero-order valence-corrected chi connectivity index (χ0v) is 19.3. The SMILES string of the molecule is COc1cc(CN(CCc2ccc(O)cc2)C(=O)C(F)(F)F)c([Si](C)(C)C)cc1OC. The fourth-order valence-electron chi connectivity index (χ4n) is 3.31. The normalized spacial score (nSPS) is 11.9. The minimum Gasteiger partial charge on any atom is -0.508 e. The van der Waals surface area contributed by atoms with Gasteiger partial charge in [-0.2, -0.15) is 13.2 Å². The van der Waals surface area contributed by atoms with Crippen molar-refractivity contribution in [1.29, 1.82) is 0 Å². The van der Waals surface area contributed by atoms with Crippen molar-refractivity contribution in [1.82, 2.24) is 4.90 Å². The Morgan fingerprint density at radius 2 is 1.58 bits per heavy atom. The zero-order valence-electron chi connectivity index (χ0n) is 18.3. The van der Waals surface area contributed by atoms with E-state index < -0.39 is 20.2 Å². The van der Waals surface area contributed by atoms with Crippen molar-refractivity contribution in [2.45, 2.75) is 38.8 Å². The third-order valence-corrected chi connectivity index (χ3v) is 7.00. The molecule has 2 aromatic rings. The molecule has 170 valence electrons. The van der Waals surface area contributed by atoms with Crippen molar-refractivity contribution in [3.8, 4) is 17.2 Å². The van der Waals surface area contributed by atoms with Crippen LogP contribution in [0.2, 0.25) is 19.6 Å². The molecule has 0 heterocycles. The van der Waals surface area contributed by atoms with E-state index in [-0.39, 0.29) is 25.3 Å². The number of ether oxygens (including phenoxy) is 2. The van der Waals surface area contributed by atoms with Crippen LogP contribution in [0.25, 0.3) is 0 Å². The predicted octanol–water partition coefficient (Wildman–Crippen LogP) is 4.09. The Labute approximate surface area is 181 Å². The highest BCUT2D eigenvalue weighted by atomic mass is 28.3. The molecule has 0 fully saturated rings. The number of rotatable bonds is 8. The highest BCUT2D eigenvalue weighted by Crippen LogP contribution is 2.30. The molecule has 0 bridgehead atoms. The summed E-state index contributed by atoms with van der Waals surface area (Å²) in [6, 6.07) is 9.62. The molecule has 0 unspecified atom stereocenters. The molecular weight excluding hydrogens is 427 g/mol. The topological polar surface area (TPSA) is 59.0 Å². The average Bonchev–Trinajstić information content (AvgIpc) is 2.69. The summed E-state index contributed by atoms with van der Waals surface area (Å²) in [7, 11) is 0.976. The number of benzene rings is 2. The summed E-state index contributed by atoms with van der Waals surface area (Å²) in [5.41, 5.74) is 1.33. The largest absolute Gasteiger partial charge is 0.508 e. The number of carbonyl (C=O) groups excluding carboxylic acids is 1. The van der Waals surface area contributed by atoms with Crippen LogP contribution >= 0.6 is 0 Å². The number of methoxy groups -OCH3 is 2. The standard InChI is InChI=1S/C22H28F3NO4Si/c1-29-18-12-16(20(31(3,4)5)13-19(18)30-2)14-26(21(28)22(23,24)25)11-10-15-6-8-17(27)9-7-15/h6-9,12-13,27H,10-11,14H2,1-5H3. The minimum absolute atomic E-state index is 0.0667. The number of halogens is 3. The lowest BCUT2D eigenvalue weighted by Gasteiger charge is -2.28. The number of hydrogen-bond acceptors (Lipinski definition) is 4. The third-order valence-electron chi connectivity index (χ3n) is 4.92. The Kier molecular flexibility index (Phi) is 7.64. The molecule has 0 spiro atoms. The van der Waals surface area contributed by atoms with Crippen molar-refractivity contribution in [2.75, 3.05) is 20.8 Å². The molecule has 0 aromatic heterocycles. The number of nitrogens with zero attached hydrogens (tertiary/aromatic N) is 1. The van der Waals surface area contributed by atoms with Gasteiger partial charge in [0.1, 0.15) is 5.75 Å². The van der Waals surface area contributed by atoms with E-state index in [1.807, 2.05) is 0 Å². The van der Waals surface area contributed by atoms with E-state index in [4.69, 9.17) is 9.47 Å². The smallest absolute Gasteiger partial charge is 0.471 e. The van der Waals surface area contributed by atoms with Gasteiger partial charge in [-0.1, -0.05) is 37.0 Å². The van der Waals surface area contributed by atoms with Crippen LogP contribution in [-0.4, -0.2) is 50.9 Å². The van der Waals surface area contributed by atoms with Crippen molar-refractivity contribution >= 4 is 19.2 Å². The molecule has 9 heteroatoms. The summed E-state index contributed by atoms with van der Waals surface area (Å²) in [4.78, 5) is 13.0. The summed E-state index contributed by atoms with van der Waals surface area (Å²) in [5, 5.41) is 10.3. The lowest BCUT2D eigenvalue weighted by molar-refractivity contribution is -0.186. The number of phenolic OH excluding ortho intramolecular Hbond substituents is 1. The lowest BCUT2D eigenvalue weighted by atomic mass is 10.1. The number of phenols is 1. The van der Waals surface area contributed by atoms with Crippen LogP contribution in [-0.2, 0) is 17.8 Å². The first-order chi connectivity index (χ1) is 14.4. The van der Waals surface area contributed by atoms with E-state index in [0.29, 0.717) is 17.1 Å². The molecule has 31 heavy (non-hydrogen) atoms. The van der Waals surface area contributed by atoms with Crippen LogP contribution in [0.3, 0.4) is 0 Å². The van der Waals surface area contributed by atoms with Crippen LogP contribution in [0.1, 0.15) is 11.1 Å². The maximum atomic E-state index is 13.3. The first-order valence-corrected chi connectivity index (χ1v) is 13.3. The van der Waals surface area contributed by atoms with Crippen LogP contribution in [0, 0.1) is 0 Å². The second-order valence-corrected chi connectivity index (χ2v) is 13.3. The second kappa shape index (κ2) is 9.63. The third kappa shape index (κ3) is 6.40. The van der Waals surface area contributed by atoms with Gasteiger partial charge in [-0.15, -0.1) is 0 Å². The van der Waals surface area contributed by atoms with Gasteiger partial charge in [0.2, 0.25) is 0 Å². The van der Waals surface area contributed by atoms with E-state index in [0.717, 1.165) is 15.7 Å². The summed E-state index contributed by atoms with van der Waals surface area (Å²) in [5.74, 6) is -0.918. The summed E-state index contributed by atoms with van der Waals surface area (Å²) in [6.07, 6.45) is -4.76. The summed E-state index contributed by atoms with van der Waals surface area (Å²) in [6.45, 7) is 5.90. The fraction of sp³-hybridized carbons (Fsp3) is 0.409. The molecule has 0 aliphatic heterocycles. The Bertz CT molecular complexity index is 909. The van der Waals surface area contributed by atoms with Gasteiger partial charge in [0.05, 0.1) is 22.3 Å². The van der Waals surface area contributed by atoms with E-state index >= 15 is 0 Å². The van der Waals surface area contributed by atoms with E-state index in [1.165, 1.54) is 26.4 Å². The minimum atomic E-state index is -4.98. The van der Waals surface area contributed by atoms with Gasteiger partial charge in [-0.25, -0.2) is 0 Å². The Morgan fingerprint density at radius 1 is 1.03 bits per heavy atom. The number of amides is 1. The number of carbonyl (C=O) groups is 1. The monoisotopic (exact) mass is 455 g/mol. The molecule has 0 radical (unpaired) electrons. The molecule has 2 rings (SSSR count). The van der Waals surface area contributed by atoms with Crippen molar-refractivity contribution in [3.63, 3.8) is 0 Å². The maximum Gasteiger partial charge on any atom is 0.471 e. The fourth-order valence-corrected chi connectivity index (χ4v) is 4.99. The highest BCUT2D eigenvalue weighted by molar-refractivity contribution is 6.89. The van der Waals surface area contributed by atoms with Gasteiger partial charge in [-0.3, -0.25) is 4.79 Å². The van der Waals surface area contributed by atoms with Crippen molar-refractivity contribution in [3.05, 3.63) is 47.5 Å². The maximum absolute atomic E-state index is 13.3. The van der Waals surface area contributed by atoms with Gasteiger partial charge >= 0.3 is 12.1 Å². The van der Waals surface area contributed by atoms with Gasteiger partial charge in [0.15, 0.2) is 11.5 Å². The van der Waals surface area contributed by atoms with Crippen molar-refractivity contribution < 1.29 is 32.5 Å². The second-order valence-electron chi connectivity index (χ2n) is 8.26. The summed E-state index contributed by atoms with van der Waals surface area (Å²) >= 11 is 0. The molecule has 0 saturated carbocycles. The quantitative estimate of drug-likeness (QED) is 0.610. The lowest BCUT2D eigenvalue weighted by Crippen LogP contribution is -2.45. The molecular formula is C22H28F3NO4Si. The molecule has 1 amide bonds. The van der Waals surface area contributed by atoms with E-state index in [1.54, 1.807) is 24.3 Å².